The van der Waals surface area contributed by atoms with Crippen LogP contribution < -0.4 is 16.2 Å². The van der Waals surface area contributed by atoms with E-state index in [1.54, 1.807) is 31.3 Å². The van der Waals surface area contributed by atoms with Gasteiger partial charge in [0.05, 0.1) is 0 Å². The number of aromatic amines is 1. The van der Waals surface area contributed by atoms with Crippen molar-refractivity contribution in [2.45, 2.75) is 19.4 Å². The highest BCUT2D eigenvalue weighted by Crippen LogP contribution is 2.26. The molecule has 6 nitrogen and oxygen atoms in total. The van der Waals surface area contributed by atoms with Gasteiger partial charge in [-0.2, -0.15) is 0 Å². The number of hydrogen-bond donors (Lipinski definition) is 3. The predicted octanol–water partition coefficient (Wildman–Crippen LogP) is 3.91. The first-order valence-electron chi connectivity index (χ1n) is 9.30. The van der Waals surface area contributed by atoms with Crippen LogP contribution in [-0.4, -0.2) is 42.6 Å². The zero-order valence-corrected chi connectivity index (χ0v) is 18.5. The minimum absolute atomic E-state index is 0. The standard InChI is InChI=1S/C20H24Cl2N4O2.ClH/c1-23-20(28)24-11-13-2-4-26(5-3-13)12-14-6-18(25-19(27)7-14)15-8-16(21)10-17(22)9-15;/h6-10,13H,2-5,11-12H2,1H3,(H,25,27)(H2,23,24,28);1H. The van der Waals surface area contributed by atoms with Crippen LogP contribution in [0.3, 0.4) is 0 Å². The van der Waals surface area contributed by atoms with E-state index in [1.165, 1.54) is 0 Å². The number of pyridine rings is 1. The second-order valence-corrected chi connectivity index (χ2v) is 7.98. The average molecular weight is 460 g/mol. The van der Waals surface area contributed by atoms with Crippen LogP contribution in [0.15, 0.2) is 35.1 Å². The summed E-state index contributed by atoms with van der Waals surface area (Å²) >= 11 is 12.2. The molecule has 2 heterocycles. The lowest BCUT2D eigenvalue weighted by molar-refractivity contribution is 0.175. The van der Waals surface area contributed by atoms with E-state index in [0.29, 0.717) is 34.7 Å². The monoisotopic (exact) mass is 458 g/mol. The van der Waals surface area contributed by atoms with Crippen molar-refractivity contribution in [2.75, 3.05) is 26.7 Å². The molecule has 3 N–H and O–H groups in total. The molecule has 1 fully saturated rings. The second kappa shape index (κ2) is 10.9. The minimum atomic E-state index is -0.145. The lowest BCUT2D eigenvalue weighted by Gasteiger charge is -2.32. The summed E-state index contributed by atoms with van der Waals surface area (Å²) < 4.78 is 0. The number of H-pyrrole nitrogens is 1. The Hall–Kier alpha value is -1.73. The number of halogens is 3. The zero-order valence-electron chi connectivity index (χ0n) is 16.1. The Balaban J connectivity index is 0.00000300. The van der Waals surface area contributed by atoms with E-state index >= 15 is 0 Å². The Labute approximate surface area is 186 Å². The fourth-order valence-electron chi connectivity index (χ4n) is 3.49. The summed E-state index contributed by atoms with van der Waals surface area (Å²) in [5.41, 5.74) is 2.30. The molecule has 3 rings (SSSR count). The Morgan fingerprint density at radius 2 is 1.79 bits per heavy atom. The molecular weight excluding hydrogens is 435 g/mol. The van der Waals surface area contributed by atoms with E-state index in [2.05, 4.69) is 20.5 Å². The Bertz CT molecular complexity index is 875. The molecule has 0 unspecified atom stereocenters. The first-order chi connectivity index (χ1) is 13.4. The Morgan fingerprint density at radius 1 is 1.14 bits per heavy atom. The molecule has 29 heavy (non-hydrogen) atoms. The second-order valence-electron chi connectivity index (χ2n) is 7.10. The van der Waals surface area contributed by atoms with Crippen LogP contribution in [0.25, 0.3) is 11.3 Å². The summed E-state index contributed by atoms with van der Waals surface area (Å²) in [6, 6.07) is 8.70. The van der Waals surface area contributed by atoms with Gasteiger partial charge in [-0.3, -0.25) is 9.69 Å². The lowest BCUT2D eigenvalue weighted by atomic mass is 9.96. The third-order valence-electron chi connectivity index (χ3n) is 4.97. The average Bonchev–Trinajstić information content (AvgIpc) is 2.66. The van der Waals surface area contributed by atoms with Gasteiger partial charge in [0.1, 0.15) is 0 Å². The summed E-state index contributed by atoms with van der Waals surface area (Å²) in [4.78, 5) is 28.6. The Morgan fingerprint density at radius 3 is 2.41 bits per heavy atom. The van der Waals surface area contributed by atoms with E-state index in [-0.39, 0.29) is 24.0 Å². The zero-order chi connectivity index (χ0) is 20.1. The molecule has 0 radical (unpaired) electrons. The SMILES string of the molecule is CNC(=O)NCC1CCN(Cc2cc(-c3cc(Cl)cc(Cl)c3)[nH]c(=O)c2)CC1.Cl. The molecule has 1 aliphatic heterocycles. The molecule has 2 amide bonds. The minimum Gasteiger partial charge on any atom is -0.341 e. The molecular formula is C20H25Cl3N4O2. The summed E-state index contributed by atoms with van der Waals surface area (Å²) in [5, 5.41) is 6.50. The molecule has 0 saturated carbocycles. The van der Waals surface area contributed by atoms with Crippen LogP contribution in [0.4, 0.5) is 4.79 Å². The third-order valence-corrected chi connectivity index (χ3v) is 5.41. The van der Waals surface area contributed by atoms with E-state index in [4.69, 9.17) is 23.2 Å². The van der Waals surface area contributed by atoms with Crippen LogP contribution in [-0.2, 0) is 6.54 Å². The first-order valence-corrected chi connectivity index (χ1v) is 10.1. The maximum absolute atomic E-state index is 12.1. The van der Waals surface area contributed by atoms with Gasteiger partial charge in [0.25, 0.3) is 0 Å². The number of benzene rings is 1. The number of hydrogen-bond acceptors (Lipinski definition) is 3. The number of carbonyl (C=O) groups excluding carboxylic acids is 1. The van der Waals surface area contributed by atoms with Gasteiger partial charge in [0.2, 0.25) is 5.56 Å². The van der Waals surface area contributed by atoms with Crippen molar-refractivity contribution in [1.29, 1.82) is 0 Å². The van der Waals surface area contributed by atoms with Crippen LogP contribution in [0.5, 0.6) is 0 Å². The number of carbonyl (C=O) groups is 1. The van der Waals surface area contributed by atoms with Gasteiger partial charge < -0.3 is 15.6 Å². The van der Waals surface area contributed by atoms with E-state index in [0.717, 1.165) is 37.1 Å². The smallest absolute Gasteiger partial charge is 0.314 e. The maximum atomic E-state index is 12.1. The number of aromatic nitrogens is 1. The lowest BCUT2D eigenvalue weighted by Crippen LogP contribution is -2.40. The van der Waals surface area contributed by atoms with Crippen molar-refractivity contribution in [3.8, 4) is 11.3 Å². The number of nitrogens with zero attached hydrogens (tertiary/aromatic N) is 1. The van der Waals surface area contributed by atoms with Crippen molar-refractivity contribution in [3.63, 3.8) is 0 Å². The van der Waals surface area contributed by atoms with Crippen molar-refractivity contribution in [3.05, 3.63) is 56.3 Å². The number of likely N-dealkylation sites (tertiary alicyclic amines) is 1. The maximum Gasteiger partial charge on any atom is 0.314 e. The van der Waals surface area contributed by atoms with E-state index in [1.807, 2.05) is 6.07 Å². The highest BCUT2D eigenvalue weighted by molar-refractivity contribution is 6.35. The topological polar surface area (TPSA) is 77.2 Å². The molecule has 0 aliphatic carbocycles. The highest BCUT2D eigenvalue weighted by Gasteiger charge is 2.20. The number of amides is 2. The molecule has 1 aromatic heterocycles. The van der Waals surface area contributed by atoms with Crippen molar-refractivity contribution in [2.24, 2.45) is 5.92 Å². The first kappa shape index (κ1) is 23.5. The van der Waals surface area contributed by atoms with Gasteiger partial charge >= 0.3 is 6.03 Å². The van der Waals surface area contributed by atoms with E-state index in [9.17, 15) is 9.59 Å². The molecule has 0 spiro atoms. The summed E-state index contributed by atoms with van der Waals surface area (Å²) in [6.45, 7) is 3.27. The molecule has 2 aromatic rings. The van der Waals surface area contributed by atoms with Crippen LogP contribution in [0.1, 0.15) is 18.4 Å². The van der Waals surface area contributed by atoms with Gasteiger partial charge in [0.15, 0.2) is 0 Å². The van der Waals surface area contributed by atoms with Gasteiger partial charge in [-0.05, 0) is 61.7 Å². The predicted molar refractivity (Wildman–Crippen MR) is 120 cm³/mol. The Kier molecular flexibility index (Phi) is 8.83. The molecule has 1 aromatic carbocycles. The fourth-order valence-corrected chi connectivity index (χ4v) is 4.01. The molecule has 0 bridgehead atoms. The van der Waals surface area contributed by atoms with Gasteiger partial charge in [-0.25, -0.2) is 4.79 Å². The van der Waals surface area contributed by atoms with Crippen LogP contribution in [0, 0.1) is 5.92 Å². The summed E-state index contributed by atoms with van der Waals surface area (Å²) in [7, 11) is 1.62. The van der Waals surface area contributed by atoms with Crippen molar-refractivity contribution in [1.82, 2.24) is 20.5 Å². The van der Waals surface area contributed by atoms with Gasteiger partial charge in [-0.1, -0.05) is 23.2 Å². The number of piperidine rings is 1. The van der Waals surface area contributed by atoms with Gasteiger partial charge in [-0.15, -0.1) is 12.4 Å². The molecule has 0 atom stereocenters. The molecule has 158 valence electrons. The molecule has 1 saturated heterocycles. The van der Waals surface area contributed by atoms with Crippen molar-refractivity contribution < 1.29 is 4.79 Å². The van der Waals surface area contributed by atoms with Crippen LogP contribution in [0.2, 0.25) is 10.0 Å². The van der Waals surface area contributed by atoms with E-state index < -0.39 is 0 Å². The largest absolute Gasteiger partial charge is 0.341 e. The molecule has 9 heteroatoms. The summed E-state index contributed by atoms with van der Waals surface area (Å²) in [5.74, 6) is 0.483. The molecule has 1 aliphatic rings. The van der Waals surface area contributed by atoms with Crippen LogP contribution >= 0.6 is 35.6 Å². The quantitative estimate of drug-likeness (QED) is 0.634. The normalized spacial score (nSPS) is 14.9. The summed E-state index contributed by atoms with van der Waals surface area (Å²) in [6.07, 6.45) is 2.04. The number of rotatable bonds is 5. The van der Waals surface area contributed by atoms with Crippen molar-refractivity contribution >= 4 is 41.6 Å². The highest BCUT2D eigenvalue weighted by atomic mass is 35.5. The third kappa shape index (κ3) is 6.93. The fraction of sp³-hybridized carbons (Fsp3) is 0.400. The number of urea groups is 1. The number of nitrogens with one attached hydrogen (secondary N) is 3. The van der Waals surface area contributed by atoms with Gasteiger partial charge in [0, 0.05) is 47.5 Å².